The van der Waals surface area contributed by atoms with Crippen molar-refractivity contribution in [2.75, 3.05) is 0 Å². The zero-order chi connectivity index (χ0) is 18.9. The van der Waals surface area contributed by atoms with Crippen molar-refractivity contribution in [3.8, 4) is 11.3 Å². The first-order valence-electron chi connectivity index (χ1n) is 8.55. The summed E-state index contributed by atoms with van der Waals surface area (Å²) >= 11 is 0. The maximum absolute atomic E-state index is 13.0. The highest BCUT2D eigenvalue weighted by molar-refractivity contribution is 7.90. The van der Waals surface area contributed by atoms with E-state index in [-0.39, 0.29) is 10.9 Å². The Balaban J connectivity index is 1.91. The summed E-state index contributed by atoms with van der Waals surface area (Å²) in [5.41, 5.74) is 2.84. The van der Waals surface area contributed by atoms with E-state index >= 15 is 0 Å². The van der Waals surface area contributed by atoms with Crippen LogP contribution in [0.15, 0.2) is 46.1 Å². The van der Waals surface area contributed by atoms with Crippen LogP contribution in [0.3, 0.4) is 0 Å². The van der Waals surface area contributed by atoms with E-state index in [1.54, 1.807) is 10.6 Å². The molecule has 6 nitrogen and oxygen atoms in total. The summed E-state index contributed by atoms with van der Waals surface area (Å²) in [5.74, 6) is 0.624. The van der Waals surface area contributed by atoms with Crippen molar-refractivity contribution in [3.05, 3.63) is 53.5 Å². The van der Waals surface area contributed by atoms with Crippen LogP contribution in [-0.2, 0) is 22.1 Å². The molecule has 2 aromatic heterocycles. The third-order valence-corrected chi connectivity index (χ3v) is 5.75. The molecule has 0 saturated carbocycles. The van der Waals surface area contributed by atoms with Gasteiger partial charge in [-0.25, -0.2) is 13.4 Å². The van der Waals surface area contributed by atoms with Gasteiger partial charge >= 0.3 is 0 Å². The molecule has 0 N–H and O–H groups in total. The zero-order valence-corrected chi connectivity index (χ0v) is 16.2. The smallest absolute Gasteiger partial charge is 0.228 e. The minimum Gasteiger partial charge on any atom is -0.356 e. The van der Waals surface area contributed by atoms with Gasteiger partial charge in [-0.15, -0.1) is 0 Å². The second kappa shape index (κ2) is 7.07. The van der Waals surface area contributed by atoms with Crippen LogP contribution in [0, 0.1) is 19.8 Å². The Bertz CT molecular complexity index is 1000. The van der Waals surface area contributed by atoms with Crippen molar-refractivity contribution in [3.63, 3.8) is 0 Å². The molecule has 1 aromatic carbocycles. The molecular formula is C19H23N3O3S. The SMILES string of the molecule is Cc1nc(S(=O)(=O)Cc2cc(-c3ccccc3)on2)n(CC(C)C)c1C. The Morgan fingerprint density at radius 3 is 2.50 bits per heavy atom. The first-order chi connectivity index (χ1) is 12.3. The Kier molecular flexibility index (Phi) is 5.00. The third-order valence-electron chi connectivity index (χ3n) is 4.20. The minimum atomic E-state index is -3.63. The lowest BCUT2D eigenvalue weighted by Gasteiger charge is -2.12. The number of benzene rings is 1. The Morgan fingerprint density at radius 1 is 1.15 bits per heavy atom. The van der Waals surface area contributed by atoms with E-state index in [1.165, 1.54) is 0 Å². The van der Waals surface area contributed by atoms with E-state index in [2.05, 4.69) is 24.0 Å². The largest absolute Gasteiger partial charge is 0.356 e. The number of aromatic nitrogens is 3. The number of nitrogens with zero attached hydrogens (tertiary/aromatic N) is 3. The molecule has 0 bridgehead atoms. The number of imidazole rings is 1. The van der Waals surface area contributed by atoms with Crippen LogP contribution < -0.4 is 0 Å². The van der Waals surface area contributed by atoms with Crippen molar-refractivity contribution in [1.82, 2.24) is 14.7 Å². The van der Waals surface area contributed by atoms with Crippen LogP contribution in [0.5, 0.6) is 0 Å². The van der Waals surface area contributed by atoms with Gasteiger partial charge in [-0.1, -0.05) is 49.3 Å². The van der Waals surface area contributed by atoms with Gasteiger partial charge in [0, 0.05) is 23.9 Å². The average Bonchev–Trinajstić information content (AvgIpc) is 3.15. The van der Waals surface area contributed by atoms with Crippen molar-refractivity contribution >= 4 is 9.84 Å². The van der Waals surface area contributed by atoms with Gasteiger partial charge in [0.15, 0.2) is 5.76 Å². The van der Waals surface area contributed by atoms with Gasteiger partial charge in [0.05, 0.1) is 11.4 Å². The first kappa shape index (κ1) is 18.4. The molecule has 0 fully saturated rings. The molecule has 0 spiro atoms. The molecule has 7 heteroatoms. The third kappa shape index (κ3) is 3.72. The number of hydrogen-bond acceptors (Lipinski definition) is 5. The van der Waals surface area contributed by atoms with Crippen molar-refractivity contribution in [2.24, 2.45) is 5.92 Å². The monoisotopic (exact) mass is 373 g/mol. The van der Waals surface area contributed by atoms with E-state index in [9.17, 15) is 8.42 Å². The highest BCUT2D eigenvalue weighted by Crippen LogP contribution is 2.24. The lowest BCUT2D eigenvalue weighted by atomic mass is 10.2. The summed E-state index contributed by atoms with van der Waals surface area (Å²) in [7, 11) is -3.63. The van der Waals surface area contributed by atoms with E-state index in [4.69, 9.17) is 4.52 Å². The standard InChI is InChI=1S/C19H23N3O3S/c1-13(2)11-22-15(4)14(3)20-19(22)26(23,24)12-17-10-18(25-21-17)16-8-6-5-7-9-16/h5-10,13H,11-12H2,1-4H3. The predicted octanol–water partition coefficient (Wildman–Crippen LogP) is 3.78. The number of sulfone groups is 1. The molecular weight excluding hydrogens is 350 g/mol. The van der Waals surface area contributed by atoms with Gasteiger partial charge in [-0.05, 0) is 19.8 Å². The molecule has 3 rings (SSSR count). The molecule has 138 valence electrons. The maximum atomic E-state index is 13.0. The van der Waals surface area contributed by atoms with E-state index in [1.807, 2.05) is 44.2 Å². The van der Waals surface area contributed by atoms with Crippen molar-refractivity contribution in [1.29, 1.82) is 0 Å². The van der Waals surface area contributed by atoms with Crippen LogP contribution in [0.4, 0.5) is 0 Å². The fraction of sp³-hybridized carbons (Fsp3) is 0.368. The Hall–Kier alpha value is -2.41. The topological polar surface area (TPSA) is 78.0 Å². The molecule has 0 aliphatic carbocycles. The summed E-state index contributed by atoms with van der Waals surface area (Å²) in [6.07, 6.45) is 0. The van der Waals surface area contributed by atoms with Gasteiger partial charge in [-0.2, -0.15) is 0 Å². The predicted molar refractivity (Wildman–Crippen MR) is 99.4 cm³/mol. The number of aryl methyl sites for hydroxylation is 1. The highest BCUT2D eigenvalue weighted by atomic mass is 32.2. The lowest BCUT2D eigenvalue weighted by molar-refractivity contribution is 0.425. The summed E-state index contributed by atoms with van der Waals surface area (Å²) < 4.78 is 33.0. The second-order valence-corrected chi connectivity index (χ2v) is 8.76. The summed E-state index contributed by atoms with van der Waals surface area (Å²) in [6.45, 7) is 8.43. The lowest BCUT2D eigenvalue weighted by Crippen LogP contribution is -2.16. The van der Waals surface area contributed by atoms with E-state index < -0.39 is 9.84 Å². The fourth-order valence-corrected chi connectivity index (χ4v) is 4.30. The van der Waals surface area contributed by atoms with Gasteiger partial charge in [0.2, 0.25) is 15.0 Å². The Morgan fingerprint density at radius 2 is 1.85 bits per heavy atom. The molecule has 2 heterocycles. The Labute approximate surface area is 153 Å². The van der Waals surface area contributed by atoms with Crippen LogP contribution >= 0.6 is 0 Å². The molecule has 26 heavy (non-hydrogen) atoms. The van der Waals surface area contributed by atoms with Gasteiger partial charge in [0.1, 0.15) is 5.75 Å². The van der Waals surface area contributed by atoms with Crippen molar-refractivity contribution in [2.45, 2.75) is 45.1 Å². The van der Waals surface area contributed by atoms with Crippen LogP contribution in [-0.4, -0.2) is 23.1 Å². The molecule has 0 aliphatic heterocycles. The van der Waals surface area contributed by atoms with Crippen LogP contribution in [0.2, 0.25) is 0 Å². The van der Waals surface area contributed by atoms with Crippen LogP contribution in [0.1, 0.15) is 30.9 Å². The van der Waals surface area contributed by atoms with E-state index in [0.717, 1.165) is 17.0 Å². The quantitative estimate of drug-likeness (QED) is 0.657. The van der Waals surface area contributed by atoms with Crippen LogP contribution in [0.25, 0.3) is 11.3 Å². The number of hydrogen-bond donors (Lipinski definition) is 0. The molecule has 0 aliphatic rings. The number of rotatable bonds is 6. The van der Waals surface area contributed by atoms with Crippen molar-refractivity contribution < 1.29 is 12.9 Å². The molecule has 0 radical (unpaired) electrons. The normalized spacial score (nSPS) is 12.0. The minimum absolute atomic E-state index is 0.102. The average molecular weight is 373 g/mol. The first-order valence-corrected chi connectivity index (χ1v) is 10.2. The highest BCUT2D eigenvalue weighted by Gasteiger charge is 2.26. The van der Waals surface area contributed by atoms with E-state index in [0.29, 0.717) is 23.9 Å². The van der Waals surface area contributed by atoms with Gasteiger partial charge < -0.3 is 9.09 Å². The molecule has 0 unspecified atom stereocenters. The summed E-state index contributed by atoms with van der Waals surface area (Å²) in [6, 6.07) is 11.1. The molecule has 0 saturated heterocycles. The fourth-order valence-electron chi connectivity index (χ4n) is 2.82. The molecule has 3 aromatic rings. The molecule has 0 amide bonds. The maximum Gasteiger partial charge on any atom is 0.228 e. The summed E-state index contributed by atoms with van der Waals surface area (Å²) in [4.78, 5) is 4.31. The van der Waals surface area contributed by atoms with Gasteiger partial charge in [-0.3, -0.25) is 0 Å². The second-order valence-electron chi connectivity index (χ2n) is 6.88. The molecule has 0 atom stereocenters. The summed E-state index contributed by atoms with van der Waals surface area (Å²) in [5, 5.41) is 4.03. The van der Waals surface area contributed by atoms with Gasteiger partial charge in [0.25, 0.3) is 0 Å². The zero-order valence-electron chi connectivity index (χ0n) is 15.4.